The van der Waals surface area contributed by atoms with Gasteiger partial charge < -0.3 is 14.5 Å². The molecule has 23 heavy (non-hydrogen) atoms. The van der Waals surface area contributed by atoms with Gasteiger partial charge in [-0.2, -0.15) is 4.98 Å². The average molecular weight is 308 g/mol. The summed E-state index contributed by atoms with van der Waals surface area (Å²) in [5.74, 6) is 0.866. The van der Waals surface area contributed by atoms with Gasteiger partial charge in [0, 0.05) is 5.56 Å². The van der Waals surface area contributed by atoms with E-state index in [9.17, 15) is 4.79 Å². The number of aromatic nitrogens is 2. The molecule has 0 aliphatic carbocycles. The van der Waals surface area contributed by atoms with Crippen molar-refractivity contribution < 1.29 is 14.3 Å². The summed E-state index contributed by atoms with van der Waals surface area (Å²) in [6.07, 6.45) is 0. The van der Waals surface area contributed by atoms with Crippen molar-refractivity contribution >= 4 is 5.97 Å². The zero-order chi connectivity index (χ0) is 16.1. The molecule has 0 bridgehead atoms. The van der Waals surface area contributed by atoms with Crippen molar-refractivity contribution in [2.45, 2.75) is 6.92 Å². The van der Waals surface area contributed by atoms with E-state index < -0.39 is 5.97 Å². The Labute approximate surface area is 133 Å². The molecule has 1 aromatic heterocycles. The van der Waals surface area contributed by atoms with E-state index in [0.717, 1.165) is 5.56 Å². The van der Waals surface area contributed by atoms with Gasteiger partial charge in [0.05, 0.1) is 6.61 Å². The topological polar surface area (TPSA) is 64.2 Å². The van der Waals surface area contributed by atoms with Gasteiger partial charge in [0.2, 0.25) is 0 Å². The molecule has 0 atom stereocenters. The first kappa shape index (κ1) is 14.8. The van der Waals surface area contributed by atoms with E-state index in [1.807, 2.05) is 48.5 Å². The molecule has 0 aliphatic heterocycles. The summed E-state index contributed by atoms with van der Waals surface area (Å²) >= 11 is 0. The third-order valence-corrected chi connectivity index (χ3v) is 3.16. The standard InChI is InChI=1S/C18H16N2O3/c1-2-22-18(21)15-17(23-14-11-7-4-8-12-14)20-16(19-15)13-9-5-3-6-10-13/h3-12H,2H2,1H3,(H,19,20). The first-order valence-corrected chi connectivity index (χ1v) is 7.33. The highest BCUT2D eigenvalue weighted by Crippen LogP contribution is 2.27. The average Bonchev–Trinajstić information content (AvgIpc) is 3.01. The lowest BCUT2D eigenvalue weighted by Crippen LogP contribution is -2.06. The van der Waals surface area contributed by atoms with Crippen LogP contribution in [0.2, 0.25) is 0 Å². The van der Waals surface area contributed by atoms with Gasteiger partial charge in [-0.05, 0) is 19.1 Å². The number of carbonyl (C=O) groups excluding carboxylic acids is 1. The van der Waals surface area contributed by atoms with Gasteiger partial charge in [0.25, 0.3) is 5.88 Å². The maximum atomic E-state index is 12.1. The number of nitrogens with zero attached hydrogens (tertiary/aromatic N) is 1. The Hall–Kier alpha value is -3.08. The number of nitrogens with one attached hydrogen (secondary N) is 1. The van der Waals surface area contributed by atoms with Crippen molar-refractivity contribution in [2.24, 2.45) is 0 Å². The second kappa shape index (κ2) is 6.79. The number of esters is 1. The van der Waals surface area contributed by atoms with E-state index in [2.05, 4.69) is 9.97 Å². The van der Waals surface area contributed by atoms with E-state index in [4.69, 9.17) is 9.47 Å². The van der Waals surface area contributed by atoms with Crippen LogP contribution in [0.5, 0.6) is 11.6 Å². The summed E-state index contributed by atoms with van der Waals surface area (Å²) in [6, 6.07) is 18.7. The summed E-state index contributed by atoms with van der Waals surface area (Å²) in [6.45, 7) is 2.04. The largest absolute Gasteiger partial charge is 0.461 e. The fourth-order valence-corrected chi connectivity index (χ4v) is 2.11. The highest BCUT2D eigenvalue weighted by molar-refractivity contribution is 5.90. The first-order chi connectivity index (χ1) is 11.3. The maximum Gasteiger partial charge on any atom is 0.360 e. The van der Waals surface area contributed by atoms with Crippen LogP contribution in [0, 0.1) is 0 Å². The summed E-state index contributed by atoms with van der Waals surface area (Å²) in [7, 11) is 0. The van der Waals surface area contributed by atoms with Crippen molar-refractivity contribution in [1.82, 2.24) is 9.97 Å². The normalized spacial score (nSPS) is 10.3. The Morgan fingerprint density at radius 3 is 2.35 bits per heavy atom. The van der Waals surface area contributed by atoms with Crippen molar-refractivity contribution in [3.63, 3.8) is 0 Å². The lowest BCUT2D eigenvalue weighted by Gasteiger charge is -2.04. The van der Waals surface area contributed by atoms with Crippen molar-refractivity contribution in [3.05, 3.63) is 66.4 Å². The zero-order valence-electron chi connectivity index (χ0n) is 12.7. The number of aromatic amines is 1. The molecule has 3 aromatic rings. The Balaban J connectivity index is 1.98. The van der Waals surface area contributed by atoms with E-state index in [-0.39, 0.29) is 18.2 Å². The van der Waals surface area contributed by atoms with E-state index in [1.165, 1.54) is 0 Å². The second-order valence-corrected chi connectivity index (χ2v) is 4.77. The van der Waals surface area contributed by atoms with Crippen LogP contribution in [0.3, 0.4) is 0 Å². The molecule has 5 nitrogen and oxygen atoms in total. The van der Waals surface area contributed by atoms with Crippen LogP contribution in [-0.2, 0) is 4.74 Å². The SMILES string of the molecule is CCOC(=O)c1[nH]c(-c2ccccc2)nc1Oc1ccccc1. The smallest absolute Gasteiger partial charge is 0.360 e. The molecule has 0 amide bonds. The summed E-state index contributed by atoms with van der Waals surface area (Å²) in [5, 5.41) is 0. The number of H-pyrrole nitrogens is 1. The molecule has 0 fully saturated rings. The Morgan fingerprint density at radius 1 is 1.04 bits per heavy atom. The molecule has 2 aromatic carbocycles. The predicted octanol–water partition coefficient (Wildman–Crippen LogP) is 4.05. The maximum absolute atomic E-state index is 12.1. The number of hydrogen-bond acceptors (Lipinski definition) is 4. The molecule has 0 radical (unpaired) electrons. The molecular weight excluding hydrogens is 292 g/mol. The van der Waals surface area contributed by atoms with E-state index in [0.29, 0.717) is 11.6 Å². The number of benzene rings is 2. The van der Waals surface area contributed by atoms with Crippen molar-refractivity contribution in [2.75, 3.05) is 6.61 Å². The van der Waals surface area contributed by atoms with Crippen molar-refractivity contribution in [1.29, 1.82) is 0 Å². The third-order valence-electron chi connectivity index (χ3n) is 3.16. The van der Waals surface area contributed by atoms with Gasteiger partial charge in [-0.1, -0.05) is 48.5 Å². The van der Waals surface area contributed by atoms with Crippen LogP contribution in [0.1, 0.15) is 17.4 Å². The van der Waals surface area contributed by atoms with Crippen LogP contribution in [0.15, 0.2) is 60.7 Å². The van der Waals surface area contributed by atoms with Gasteiger partial charge >= 0.3 is 5.97 Å². The molecule has 1 N–H and O–H groups in total. The van der Waals surface area contributed by atoms with Gasteiger partial charge in [-0.25, -0.2) is 4.79 Å². The molecule has 0 spiro atoms. The number of carbonyl (C=O) groups is 1. The lowest BCUT2D eigenvalue weighted by atomic mass is 10.2. The van der Waals surface area contributed by atoms with Crippen LogP contribution >= 0.6 is 0 Å². The molecule has 116 valence electrons. The Morgan fingerprint density at radius 2 is 1.70 bits per heavy atom. The predicted molar refractivity (Wildman–Crippen MR) is 86.5 cm³/mol. The Bertz CT molecular complexity index is 783. The molecule has 0 saturated heterocycles. The van der Waals surface area contributed by atoms with E-state index >= 15 is 0 Å². The molecule has 5 heteroatoms. The van der Waals surface area contributed by atoms with Gasteiger partial charge in [0.15, 0.2) is 5.69 Å². The summed E-state index contributed by atoms with van der Waals surface area (Å²) < 4.78 is 10.8. The molecule has 1 heterocycles. The molecule has 3 rings (SSSR count). The van der Waals surface area contributed by atoms with Crippen LogP contribution in [-0.4, -0.2) is 22.5 Å². The number of imidazole rings is 1. The minimum atomic E-state index is -0.492. The highest BCUT2D eigenvalue weighted by Gasteiger charge is 2.21. The third kappa shape index (κ3) is 3.40. The number of ether oxygens (including phenoxy) is 2. The zero-order valence-corrected chi connectivity index (χ0v) is 12.7. The highest BCUT2D eigenvalue weighted by atomic mass is 16.5. The fourth-order valence-electron chi connectivity index (χ4n) is 2.11. The van der Waals surface area contributed by atoms with Crippen molar-refractivity contribution in [3.8, 4) is 23.0 Å². The number of para-hydroxylation sites is 1. The quantitative estimate of drug-likeness (QED) is 0.722. The summed E-state index contributed by atoms with van der Waals surface area (Å²) in [4.78, 5) is 19.5. The monoisotopic (exact) mass is 308 g/mol. The first-order valence-electron chi connectivity index (χ1n) is 7.33. The number of rotatable bonds is 5. The minimum absolute atomic E-state index is 0.202. The van der Waals surface area contributed by atoms with Gasteiger partial charge in [-0.15, -0.1) is 0 Å². The number of hydrogen-bond donors (Lipinski definition) is 1. The van der Waals surface area contributed by atoms with E-state index in [1.54, 1.807) is 19.1 Å². The molecular formula is C18H16N2O3. The van der Waals surface area contributed by atoms with Crippen LogP contribution in [0.4, 0.5) is 0 Å². The lowest BCUT2D eigenvalue weighted by molar-refractivity contribution is 0.0517. The molecule has 0 aliphatic rings. The second-order valence-electron chi connectivity index (χ2n) is 4.77. The molecule has 0 saturated carbocycles. The Kier molecular flexibility index (Phi) is 4.38. The van der Waals surface area contributed by atoms with Gasteiger partial charge in [0.1, 0.15) is 11.6 Å². The minimum Gasteiger partial charge on any atom is -0.461 e. The van der Waals surface area contributed by atoms with Gasteiger partial charge in [-0.3, -0.25) is 0 Å². The van der Waals surface area contributed by atoms with Crippen LogP contribution < -0.4 is 4.74 Å². The molecule has 0 unspecified atom stereocenters. The van der Waals surface area contributed by atoms with Crippen LogP contribution in [0.25, 0.3) is 11.4 Å². The fraction of sp³-hybridized carbons (Fsp3) is 0.111. The summed E-state index contributed by atoms with van der Waals surface area (Å²) in [5.41, 5.74) is 1.07.